The lowest BCUT2D eigenvalue weighted by molar-refractivity contribution is -0.124. The lowest BCUT2D eigenvalue weighted by Gasteiger charge is -2.11. The number of carbonyl (C=O) groups is 1. The van der Waals surface area contributed by atoms with Crippen LogP contribution in [0, 0.1) is 12.8 Å². The Morgan fingerprint density at radius 2 is 2.18 bits per heavy atom. The number of aromatic nitrogens is 1. The van der Waals surface area contributed by atoms with Gasteiger partial charge in [0.05, 0.1) is 19.2 Å². The van der Waals surface area contributed by atoms with Crippen molar-refractivity contribution in [3.63, 3.8) is 0 Å². The van der Waals surface area contributed by atoms with Crippen LogP contribution in [0.25, 0.3) is 0 Å². The molecular formula is C12H18N2O3. The summed E-state index contributed by atoms with van der Waals surface area (Å²) >= 11 is 0. The number of pyridine rings is 1. The van der Waals surface area contributed by atoms with Crippen LogP contribution in [0.5, 0.6) is 5.75 Å². The lowest BCUT2D eigenvalue weighted by atomic mass is 10.2. The van der Waals surface area contributed by atoms with Gasteiger partial charge in [0.1, 0.15) is 5.75 Å². The van der Waals surface area contributed by atoms with Crippen LogP contribution in [-0.4, -0.2) is 18.0 Å². The second-order valence-electron chi connectivity index (χ2n) is 4.20. The minimum absolute atomic E-state index is 0.0907. The maximum atomic E-state index is 11.7. The van der Waals surface area contributed by atoms with Gasteiger partial charge in [0.15, 0.2) is 0 Å². The van der Waals surface area contributed by atoms with E-state index in [2.05, 4.69) is 10.3 Å². The summed E-state index contributed by atoms with van der Waals surface area (Å²) in [5, 5.41) is 2.69. The van der Waals surface area contributed by atoms with Gasteiger partial charge in [0, 0.05) is 11.6 Å². The van der Waals surface area contributed by atoms with Crippen LogP contribution in [0.1, 0.15) is 25.1 Å². The third-order valence-electron chi connectivity index (χ3n) is 2.41. The summed E-state index contributed by atoms with van der Waals surface area (Å²) in [4.78, 5) is 25.8. The first kappa shape index (κ1) is 13.3. The molecule has 1 aromatic rings. The molecule has 94 valence electrons. The van der Waals surface area contributed by atoms with Crippen molar-refractivity contribution >= 4 is 5.91 Å². The number of nitrogens with one attached hydrogen (secondary N) is 2. The molecule has 0 atom stereocenters. The van der Waals surface area contributed by atoms with E-state index in [4.69, 9.17) is 4.74 Å². The molecule has 0 fully saturated rings. The van der Waals surface area contributed by atoms with E-state index in [1.165, 1.54) is 7.11 Å². The van der Waals surface area contributed by atoms with E-state index in [1.54, 1.807) is 26.8 Å². The van der Waals surface area contributed by atoms with Gasteiger partial charge in [-0.05, 0) is 13.0 Å². The van der Waals surface area contributed by atoms with Gasteiger partial charge in [-0.2, -0.15) is 0 Å². The Kier molecular flexibility index (Phi) is 4.31. The number of aryl methyl sites for hydroxylation is 1. The van der Waals surface area contributed by atoms with Gasteiger partial charge < -0.3 is 15.0 Å². The number of aromatic amines is 1. The van der Waals surface area contributed by atoms with Gasteiger partial charge in [-0.3, -0.25) is 9.59 Å². The van der Waals surface area contributed by atoms with Crippen LogP contribution in [0.15, 0.2) is 10.9 Å². The van der Waals surface area contributed by atoms with Crippen molar-refractivity contribution in [3.05, 3.63) is 27.7 Å². The molecule has 0 bridgehead atoms. The van der Waals surface area contributed by atoms with Gasteiger partial charge in [0.2, 0.25) is 5.91 Å². The number of hydrogen-bond donors (Lipinski definition) is 2. The first-order chi connectivity index (χ1) is 7.95. The Labute approximate surface area is 100 Å². The molecule has 1 aromatic heterocycles. The molecule has 0 radical (unpaired) electrons. The topological polar surface area (TPSA) is 71.2 Å². The summed E-state index contributed by atoms with van der Waals surface area (Å²) < 4.78 is 5.13. The molecule has 0 spiro atoms. The Morgan fingerprint density at radius 1 is 1.53 bits per heavy atom. The Morgan fingerprint density at radius 3 is 2.71 bits per heavy atom. The third-order valence-corrected chi connectivity index (χ3v) is 2.41. The molecule has 0 saturated carbocycles. The molecule has 1 rings (SSSR count). The van der Waals surface area contributed by atoms with Gasteiger partial charge in [0.25, 0.3) is 5.56 Å². The van der Waals surface area contributed by atoms with Crippen molar-refractivity contribution in [2.75, 3.05) is 7.11 Å². The molecule has 2 N–H and O–H groups in total. The number of H-pyrrole nitrogens is 1. The molecule has 0 aliphatic heterocycles. The zero-order chi connectivity index (χ0) is 13.0. The molecular weight excluding hydrogens is 220 g/mol. The molecule has 1 heterocycles. The second kappa shape index (κ2) is 5.52. The van der Waals surface area contributed by atoms with E-state index < -0.39 is 0 Å². The van der Waals surface area contributed by atoms with Crippen molar-refractivity contribution in [2.45, 2.75) is 27.3 Å². The second-order valence-corrected chi connectivity index (χ2v) is 4.20. The number of hydrogen-bond acceptors (Lipinski definition) is 3. The average Bonchev–Trinajstić information content (AvgIpc) is 2.26. The average molecular weight is 238 g/mol. The fourth-order valence-corrected chi connectivity index (χ4v) is 1.42. The highest BCUT2D eigenvalue weighted by molar-refractivity contribution is 5.77. The largest absolute Gasteiger partial charge is 0.496 e. The van der Waals surface area contributed by atoms with Crippen LogP contribution < -0.4 is 15.6 Å². The smallest absolute Gasteiger partial charge is 0.256 e. The number of ether oxygens (including phenoxy) is 1. The summed E-state index contributed by atoms with van der Waals surface area (Å²) in [6.07, 6.45) is 0. The summed E-state index contributed by atoms with van der Waals surface area (Å²) in [5.74, 6) is 0.299. The summed E-state index contributed by atoms with van der Waals surface area (Å²) in [7, 11) is 1.50. The highest BCUT2D eigenvalue weighted by Gasteiger charge is 2.12. The predicted octanol–water partition coefficient (Wildman–Crippen LogP) is 0.964. The normalized spacial score (nSPS) is 10.4. The SMILES string of the molecule is COc1cc(C)[nH]c(=O)c1CNC(=O)C(C)C. The Bertz CT molecular complexity index is 463. The van der Waals surface area contributed by atoms with Crippen LogP contribution in [0.2, 0.25) is 0 Å². The standard InChI is InChI=1S/C12H18N2O3/c1-7(2)11(15)13-6-9-10(17-4)5-8(3)14-12(9)16/h5,7H,6H2,1-4H3,(H,13,15)(H,14,16). The molecule has 1 amide bonds. The quantitative estimate of drug-likeness (QED) is 0.820. The zero-order valence-corrected chi connectivity index (χ0v) is 10.6. The van der Waals surface area contributed by atoms with Crippen molar-refractivity contribution in [1.82, 2.24) is 10.3 Å². The molecule has 0 unspecified atom stereocenters. The Hall–Kier alpha value is -1.78. The fourth-order valence-electron chi connectivity index (χ4n) is 1.42. The van der Waals surface area contributed by atoms with E-state index in [0.29, 0.717) is 11.3 Å². The van der Waals surface area contributed by atoms with Crippen molar-refractivity contribution in [1.29, 1.82) is 0 Å². The maximum absolute atomic E-state index is 11.7. The van der Waals surface area contributed by atoms with Gasteiger partial charge in [-0.15, -0.1) is 0 Å². The molecule has 0 aliphatic carbocycles. The first-order valence-electron chi connectivity index (χ1n) is 5.50. The van der Waals surface area contributed by atoms with E-state index in [9.17, 15) is 9.59 Å². The molecule has 17 heavy (non-hydrogen) atoms. The molecule has 5 heteroatoms. The first-order valence-corrected chi connectivity index (χ1v) is 5.50. The minimum Gasteiger partial charge on any atom is -0.496 e. The van der Waals surface area contributed by atoms with Crippen LogP contribution in [-0.2, 0) is 11.3 Å². The molecule has 5 nitrogen and oxygen atoms in total. The van der Waals surface area contributed by atoms with Crippen LogP contribution >= 0.6 is 0 Å². The van der Waals surface area contributed by atoms with Gasteiger partial charge in [-0.1, -0.05) is 13.8 Å². The zero-order valence-electron chi connectivity index (χ0n) is 10.6. The highest BCUT2D eigenvalue weighted by atomic mass is 16.5. The number of methoxy groups -OCH3 is 1. The van der Waals surface area contributed by atoms with E-state index in [0.717, 1.165) is 5.69 Å². The van der Waals surface area contributed by atoms with Crippen LogP contribution in [0.3, 0.4) is 0 Å². The van der Waals surface area contributed by atoms with Crippen molar-refractivity contribution < 1.29 is 9.53 Å². The summed E-state index contributed by atoms with van der Waals surface area (Å²) in [6, 6.07) is 1.73. The maximum Gasteiger partial charge on any atom is 0.256 e. The van der Waals surface area contributed by atoms with Gasteiger partial charge >= 0.3 is 0 Å². The van der Waals surface area contributed by atoms with Gasteiger partial charge in [-0.25, -0.2) is 0 Å². The highest BCUT2D eigenvalue weighted by Crippen LogP contribution is 2.14. The molecule has 0 aromatic carbocycles. The van der Waals surface area contributed by atoms with Crippen molar-refractivity contribution in [2.24, 2.45) is 5.92 Å². The monoisotopic (exact) mass is 238 g/mol. The molecule has 0 saturated heterocycles. The summed E-state index contributed by atoms with van der Waals surface area (Å²) in [6.45, 7) is 5.55. The number of amides is 1. The Balaban J connectivity index is 2.91. The minimum atomic E-state index is -0.231. The fraction of sp³-hybridized carbons (Fsp3) is 0.500. The number of rotatable bonds is 4. The van der Waals surface area contributed by atoms with E-state index >= 15 is 0 Å². The number of carbonyl (C=O) groups excluding carboxylic acids is 1. The van der Waals surface area contributed by atoms with Crippen molar-refractivity contribution in [3.8, 4) is 5.75 Å². The van der Waals surface area contributed by atoms with E-state index in [-0.39, 0.29) is 23.9 Å². The lowest BCUT2D eigenvalue weighted by Crippen LogP contribution is -2.30. The third kappa shape index (κ3) is 3.34. The molecule has 0 aliphatic rings. The van der Waals surface area contributed by atoms with E-state index in [1.807, 2.05) is 0 Å². The van der Waals surface area contributed by atoms with Crippen LogP contribution in [0.4, 0.5) is 0 Å². The summed E-state index contributed by atoms with van der Waals surface area (Å²) in [5.41, 5.74) is 0.934. The predicted molar refractivity (Wildman–Crippen MR) is 65.0 cm³/mol.